The molecule has 4 aliphatic carbocycles. The molecule has 1 amide bonds. The lowest BCUT2D eigenvalue weighted by Crippen LogP contribution is -2.52. The van der Waals surface area contributed by atoms with E-state index < -0.39 is 0 Å². The molecule has 1 atom stereocenters. The summed E-state index contributed by atoms with van der Waals surface area (Å²) in [5, 5.41) is 3.14. The van der Waals surface area contributed by atoms with Gasteiger partial charge in [0.2, 0.25) is 5.91 Å². The number of methoxy groups -OCH3 is 1. The number of nitrogens with one attached hydrogen (secondary N) is 1. The summed E-state index contributed by atoms with van der Waals surface area (Å²) in [5.41, 5.74) is 0. The van der Waals surface area contributed by atoms with Gasteiger partial charge in [0.1, 0.15) is 0 Å². The second kappa shape index (κ2) is 4.84. The van der Waals surface area contributed by atoms with E-state index in [9.17, 15) is 4.79 Å². The van der Waals surface area contributed by atoms with Crippen molar-refractivity contribution in [3.05, 3.63) is 0 Å². The predicted octanol–water partition coefficient (Wildman–Crippen LogP) is 2.21. The topological polar surface area (TPSA) is 38.3 Å². The first-order valence-electron chi connectivity index (χ1n) is 7.46. The first-order valence-corrected chi connectivity index (χ1v) is 7.46. The zero-order chi connectivity index (χ0) is 12.7. The Kier molecular flexibility index (Phi) is 3.35. The largest absolute Gasteiger partial charge is 0.383 e. The zero-order valence-electron chi connectivity index (χ0n) is 11.5. The van der Waals surface area contributed by atoms with Crippen LogP contribution in [0.2, 0.25) is 0 Å². The summed E-state index contributed by atoms with van der Waals surface area (Å²) in [6.07, 6.45) is 6.68. The molecule has 0 aliphatic heterocycles. The van der Waals surface area contributed by atoms with E-state index in [1.165, 1.54) is 32.1 Å². The van der Waals surface area contributed by atoms with Gasteiger partial charge in [0.25, 0.3) is 0 Å². The van der Waals surface area contributed by atoms with Crippen LogP contribution in [-0.2, 0) is 9.53 Å². The molecule has 0 saturated heterocycles. The van der Waals surface area contributed by atoms with Crippen molar-refractivity contribution in [3.63, 3.8) is 0 Å². The SMILES string of the molecule is COCC(C)NC(=O)C1C2CC3CC(C2)CC1C3. The number of hydrogen-bond acceptors (Lipinski definition) is 2. The molecule has 4 saturated carbocycles. The van der Waals surface area contributed by atoms with Crippen molar-refractivity contribution in [1.29, 1.82) is 0 Å². The Labute approximate surface area is 110 Å². The van der Waals surface area contributed by atoms with Gasteiger partial charge in [-0.15, -0.1) is 0 Å². The fourth-order valence-electron chi connectivity index (χ4n) is 4.98. The maximum Gasteiger partial charge on any atom is 0.223 e. The van der Waals surface area contributed by atoms with Crippen LogP contribution in [0.1, 0.15) is 39.0 Å². The Morgan fingerprint density at radius 2 is 1.72 bits per heavy atom. The molecule has 4 bridgehead atoms. The molecule has 0 spiro atoms. The summed E-state index contributed by atoms with van der Waals surface area (Å²) in [6.45, 7) is 2.64. The molecule has 0 aromatic rings. The van der Waals surface area contributed by atoms with Gasteiger partial charge < -0.3 is 10.1 Å². The smallest absolute Gasteiger partial charge is 0.223 e. The number of amides is 1. The third-order valence-electron chi connectivity index (χ3n) is 5.33. The normalized spacial score (nSPS) is 42.9. The number of rotatable bonds is 4. The average molecular weight is 251 g/mol. The average Bonchev–Trinajstić information content (AvgIpc) is 2.27. The predicted molar refractivity (Wildman–Crippen MR) is 70.0 cm³/mol. The molecule has 0 aromatic carbocycles. The Bertz CT molecular complexity index is 300. The maximum absolute atomic E-state index is 12.5. The van der Waals surface area contributed by atoms with Crippen LogP contribution in [0.4, 0.5) is 0 Å². The molecule has 1 unspecified atom stereocenters. The maximum atomic E-state index is 12.5. The van der Waals surface area contributed by atoms with Crippen LogP contribution in [0.25, 0.3) is 0 Å². The minimum atomic E-state index is 0.139. The van der Waals surface area contributed by atoms with Gasteiger partial charge in [-0.25, -0.2) is 0 Å². The Morgan fingerprint density at radius 3 is 2.22 bits per heavy atom. The second-order valence-corrected chi connectivity index (χ2v) is 6.82. The van der Waals surface area contributed by atoms with Crippen LogP contribution >= 0.6 is 0 Å². The van der Waals surface area contributed by atoms with Crippen molar-refractivity contribution in [1.82, 2.24) is 5.32 Å². The van der Waals surface area contributed by atoms with E-state index in [0.717, 1.165) is 11.8 Å². The Morgan fingerprint density at radius 1 is 1.17 bits per heavy atom. The molecule has 0 radical (unpaired) electrons. The summed E-state index contributed by atoms with van der Waals surface area (Å²) >= 11 is 0. The molecule has 4 fully saturated rings. The van der Waals surface area contributed by atoms with E-state index in [0.29, 0.717) is 30.3 Å². The van der Waals surface area contributed by atoms with E-state index in [1.54, 1.807) is 7.11 Å². The minimum absolute atomic E-state index is 0.139. The summed E-state index contributed by atoms with van der Waals surface area (Å²) in [4.78, 5) is 12.5. The van der Waals surface area contributed by atoms with Crippen LogP contribution in [0.5, 0.6) is 0 Å². The summed E-state index contributed by atoms with van der Waals surface area (Å²) in [6, 6.07) is 0.139. The van der Waals surface area contributed by atoms with Gasteiger partial charge in [-0.05, 0) is 62.7 Å². The lowest BCUT2D eigenvalue weighted by molar-refractivity contribution is -0.139. The number of carbonyl (C=O) groups excluding carboxylic acids is 1. The molecule has 4 aliphatic rings. The molecule has 102 valence electrons. The van der Waals surface area contributed by atoms with E-state index >= 15 is 0 Å². The molecule has 3 heteroatoms. The summed E-state index contributed by atoms with van der Waals surface area (Å²) in [7, 11) is 1.69. The summed E-state index contributed by atoms with van der Waals surface area (Å²) < 4.78 is 5.10. The zero-order valence-corrected chi connectivity index (χ0v) is 11.5. The van der Waals surface area contributed by atoms with Crippen molar-refractivity contribution in [2.45, 2.75) is 45.1 Å². The van der Waals surface area contributed by atoms with E-state index in [-0.39, 0.29) is 6.04 Å². The highest BCUT2D eigenvalue weighted by Gasteiger charge is 2.50. The van der Waals surface area contributed by atoms with Gasteiger partial charge in [0.05, 0.1) is 6.61 Å². The fraction of sp³-hybridized carbons (Fsp3) is 0.933. The molecule has 1 N–H and O–H groups in total. The second-order valence-electron chi connectivity index (χ2n) is 6.82. The van der Waals surface area contributed by atoms with Crippen molar-refractivity contribution in [2.75, 3.05) is 13.7 Å². The lowest BCUT2D eigenvalue weighted by Gasteiger charge is -2.53. The van der Waals surface area contributed by atoms with Gasteiger partial charge in [0.15, 0.2) is 0 Å². The van der Waals surface area contributed by atoms with E-state index in [1.807, 2.05) is 6.92 Å². The molecule has 0 heterocycles. The van der Waals surface area contributed by atoms with Crippen LogP contribution in [0.3, 0.4) is 0 Å². The monoisotopic (exact) mass is 251 g/mol. The standard InChI is InChI=1S/C15H25NO2/c1-9(8-18-2)16-15(17)14-12-4-10-3-11(6-12)7-13(14)5-10/h9-14H,3-8H2,1-2H3,(H,16,17). The van der Waals surface area contributed by atoms with Gasteiger partial charge in [-0.1, -0.05) is 0 Å². The van der Waals surface area contributed by atoms with Gasteiger partial charge in [0, 0.05) is 19.1 Å². The highest BCUT2D eigenvalue weighted by atomic mass is 16.5. The molecular formula is C15H25NO2. The highest BCUT2D eigenvalue weighted by Crippen LogP contribution is 2.56. The number of carbonyl (C=O) groups is 1. The molecule has 18 heavy (non-hydrogen) atoms. The summed E-state index contributed by atoms with van der Waals surface area (Å²) in [5.74, 6) is 3.83. The van der Waals surface area contributed by atoms with Crippen molar-refractivity contribution in [2.24, 2.45) is 29.6 Å². The Hall–Kier alpha value is -0.570. The van der Waals surface area contributed by atoms with Crippen LogP contribution in [0, 0.1) is 29.6 Å². The first-order chi connectivity index (χ1) is 8.67. The number of ether oxygens (including phenoxy) is 1. The minimum Gasteiger partial charge on any atom is -0.383 e. The van der Waals surface area contributed by atoms with Crippen LogP contribution < -0.4 is 5.32 Å². The quantitative estimate of drug-likeness (QED) is 0.832. The van der Waals surface area contributed by atoms with E-state index in [2.05, 4.69) is 5.32 Å². The van der Waals surface area contributed by atoms with Crippen LogP contribution in [0.15, 0.2) is 0 Å². The fourth-order valence-corrected chi connectivity index (χ4v) is 4.98. The molecular weight excluding hydrogens is 226 g/mol. The van der Waals surface area contributed by atoms with Crippen molar-refractivity contribution >= 4 is 5.91 Å². The third kappa shape index (κ3) is 2.18. The first kappa shape index (κ1) is 12.5. The highest BCUT2D eigenvalue weighted by molar-refractivity contribution is 5.80. The van der Waals surface area contributed by atoms with Crippen molar-refractivity contribution in [3.8, 4) is 0 Å². The van der Waals surface area contributed by atoms with Gasteiger partial charge in [-0.3, -0.25) is 4.79 Å². The Balaban J connectivity index is 1.64. The molecule has 3 nitrogen and oxygen atoms in total. The lowest BCUT2D eigenvalue weighted by atomic mass is 9.51. The van der Waals surface area contributed by atoms with E-state index in [4.69, 9.17) is 4.74 Å². The van der Waals surface area contributed by atoms with Gasteiger partial charge >= 0.3 is 0 Å². The molecule has 0 aromatic heterocycles. The molecule has 4 rings (SSSR count). The number of hydrogen-bond donors (Lipinski definition) is 1. The van der Waals surface area contributed by atoms with Crippen LogP contribution in [-0.4, -0.2) is 25.7 Å². The van der Waals surface area contributed by atoms with Crippen molar-refractivity contribution < 1.29 is 9.53 Å². The van der Waals surface area contributed by atoms with Gasteiger partial charge in [-0.2, -0.15) is 0 Å². The third-order valence-corrected chi connectivity index (χ3v) is 5.33.